The molecule has 0 N–H and O–H groups in total. The van der Waals surface area contributed by atoms with Crippen LogP contribution in [-0.2, 0) is 7.05 Å². The molecule has 2 aromatic rings. The summed E-state index contributed by atoms with van der Waals surface area (Å²) in [5, 5.41) is 8.70. The zero-order valence-electron chi connectivity index (χ0n) is 10.4. The van der Waals surface area contributed by atoms with Gasteiger partial charge in [0.2, 0.25) is 5.92 Å². The molecule has 21 heavy (non-hydrogen) atoms. The highest BCUT2D eigenvalue weighted by atomic mass is 19.4. The molecular formula is C12H7F6N3. The molecule has 3 nitrogen and oxygen atoms in total. The number of imidazole rings is 1. The molecule has 112 valence electrons. The summed E-state index contributed by atoms with van der Waals surface area (Å²) in [6.45, 7) is 0. The zero-order chi connectivity index (χ0) is 16.0. The predicted octanol–water partition coefficient (Wildman–Crippen LogP) is 3.65. The molecule has 0 radical (unpaired) electrons. The number of hydrogen-bond donors (Lipinski definition) is 0. The quantitative estimate of drug-likeness (QED) is 0.755. The Bertz CT molecular complexity index is 705. The number of aromatic nitrogens is 2. The number of nitrogens with zero attached hydrogens (tertiary/aromatic N) is 3. The maximum atomic E-state index is 12.7. The maximum Gasteiger partial charge on any atom is 0.407 e. The van der Waals surface area contributed by atoms with Crippen molar-refractivity contribution < 1.29 is 26.3 Å². The summed E-state index contributed by atoms with van der Waals surface area (Å²) in [6, 6.07) is 5.44. The molecule has 0 aliphatic rings. The monoisotopic (exact) mass is 307 g/mol. The summed E-state index contributed by atoms with van der Waals surface area (Å²) < 4.78 is 77.1. The van der Waals surface area contributed by atoms with E-state index in [9.17, 15) is 26.3 Å². The normalized spacial score (nSPS) is 12.9. The number of aryl methyl sites for hydroxylation is 1. The third-order valence-electron chi connectivity index (χ3n) is 2.96. The van der Waals surface area contributed by atoms with Crippen LogP contribution in [0, 0.1) is 11.3 Å². The Morgan fingerprint density at radius 3 is 2.19 bits per heavy atom. The van der Waals surface area contributed by atoms with E-state index >= 15 is 0 Å². The Labute approximate surface area is 114 Å². The molecule has 1 aromatic carbocycles. The van der Waals surface area contributed by atoms with Crippen molar-refractivity contribution in [1.82, 2.24) is 9.55 Å². The van der Waals surface area contributed by atoms with Gasteiger partial charge in [-0.3, -0.25) is 0 Å². The van der Waals surface area contributed by atoms with Crippen LogP contribution in [0.1, 0.15) is 17.3 Å². The lowest BCUT2D eigenvalue weighted by atomic mass is 10.1. The Morgan fingerprint density at radius 2 is 1.71 bits per heavy atom. The molecule has 0 saturated carbocycles. The van der Waals surface area contributed by atoms with Crippen LogP contribution in [0.4, 0.5) is 26.3 Å². The van der Waals surface area contributed by atoms with Gasteiger partial charge in [0.25, 0.3) is 0 Å². The van der Waals surface area contributed by atoms with Crippen LogP contribution in [-0.4, -0.2) is 21.9 Å². The summed E-state index contributed by atoms with van der Waals surface area (Å²) in [5.41, 5.74) is 0.0928. The molecule has 0 fully saturated rings. The standard InChI is InChI=1S/C12H7F6N3/c1-21-8-3-2-6(5-19)4-7(8)20-10(21)9(11(13,14)15)12(16,17)18/h2-4,9H,1H3. The maximum absolute atomic E-state index is 12.7. The second-order valence-electron chi connectivity index (χ2n) is 4.36. The van der Waals surface area contributed by atoms with Crippen LogP contribution in [0.5, 0.6) is 0 Å². The average molecular weight is 307 g/mol. The zero-order valence-corrected chi connectivity index (χ0v) is 10.4. The fourth-order valence-corrected chi connectivity index (χ4v) is 2.02. The van der Waals surface area contributed by atoms with Crippen molar-refractivity contribution in [2.75, 3.05) is 0 Å². The second kappa shape index (κ2) is 4.65. The van der Waals surface area contributed by atoms with Crippen molar-refractivity contribution in [1.29, 1.82) is 5.26 Å². The van der Waals surface area contributed by atoms with E-state index in [-0.39, 0.29) is 16.6 Å². The van der Waals surface area contributed by atoms with E-state index in [1.807, 2.05) is 0 Å². The lowest BCUT2D eigenvalue weighted by Crippen LogP contribution is -2.36. The molecule has 0 saturated heterocycles. The van der Waals surface area contributed by atoms with Crippen LogP contribution in [0.2, 0.25) is 0 Å². The molecular weight excluding hydrogens is 300 g/mol. The Morgan fingerprint density at radius 1 is 1.14 bits per heavy atom. The number of hydrogen-bond acceptors (Lipinski definition) is 2. The van der Waals surface area contributed by atoms with Gasteiger partial charge in [0, 0.05) is 7.05 Å². The van der Waals surface area contributed by atoms with E-state index < -0.39 is 24.1 Å². The topological polar surface area (TPSA) is 41.6 Å². The molecule has 0 aliphatic carbocycles. The smallest absolute Gasteiger partial charge is 0.330 e. The van der Waals surface area contributed by atoms with Crippen molar-refractivity contribution in [3.05, 3.63) is 29.6 Å². The molecule has 0 unspecified atom stereocenters. The van der Waals surface area contributed by atoms with Crippen LogP contribution in [0.3, 0.4) is 0 Å². The first-order chi connectivity index (χ1) is 9.55. The molecule has 9 heteroatoms. The number of rotatable bonds is 1. The van der Waals surface area contributed by atoms with Crippen molar-refractivity contribution in [2.45, 2.75) is 18.3 Å². The van der Waals surface area contributed by atoms with Gasteiger partial charge in [0.15, 0.2) is 0 Å². The lowest BCUT2D eigenvalue weighted by molar-refractivity contribution is -0.255. The highest BCUT2D eigenvalue weighted by Gasteiger charge is 2.59. The van der Waals surface area contributed by atoms with E-state index in [2.05, 4.69) is 4.98 Å². The van der Waals surface area contributed by atoms with Gasteiger partial charge in [-0.05, 0) is 18.2 Å². The van der Waals surface area contributed by atoms with E-state index in [1.54, 1.807) is 6.07 Å². The number of alkyl halides is 6. The van der Waals surface area contributed by atoms with Gasteiger partial charge in [-0.2, -0.15) is 31.6 Å². The Balaban J connectivity index is 2.70. The van der Waals surface area contributed by atoms with E-state index in [0.29, 0.717) is 0 Å². The number of benzene rings is 1. The summed E-state index contributed by atoms with van der Waals surface area (Å²) in [4.78, 5) is 3.43. The fraction of sp³-hybridized carbons (Fsp3) is 0.333. The first-order valence-corrected chi connectivity index (χ1v) is 5.55. The van der Waals surface area contributed by atoms with Gasteiger partial charge in [0.05, 0.1) is 22.7 Å². The van der Waals surface area contributed by atoms with E-state index in [4.69, 9.17) is 5.26 Å². The third-order valence-corrected chi connectivity index (χ3v) is 2.96. The van der Waals surface area contributed by atoms with Gasteiger partial charge in [-0.15, -0.1) is 0 Å². The first-order valence-electron chi connectivity index (χ1n) is 5.55. The largest absolute Gasteiger partial charge is 0.407 e. The molecule has 0 aliphatic heterocycles. The lowest BCUT2D eigenvalue weighted by Gasteiger charge is -2.22. The summed E-state index contributed by atoms with van der Waals surface area (Å²) >= 11 is 0. The first kappa shape index (κ1) is 15.2. The Hall–Kier alpha value is -2.24. The number of fused-ring (bicyclic) bond motifs is 1. The van der Waals surface area contributed by atoms with Crippen LogP contribution < -0.4 is 0 Å². The minimum absolute atomic E-state index is 0.0856. The van der Waals surface area contributed by atoms with Gasteiger partial charge in [-0.25, -0.2) is 4.98 Å². The van der Waals surface area contributed by atoms with Crippen molar-refractivity contribution in [3.8, 4) is 6.07 Å². The van der Waals surface area contributed by atoms with Crippen molar-refractivity contribution >= 4 is 11.0 Å². The van der Waals surface area contributed by atoms with E-state index in [0.717, 1.165) is 17.7 Å². The third kappa shape index (κ3) is 2.66. The summed E-state index contributed by atoms with van der Waals surface area (Å²) in [5.74, 6) is -4.83. The predicted molar refractivity (Wildman–Crippen MR) is 60.3 cm³/mol. The molecule has 0 amide bonds. The van der Waals surface area contributed by atoms with Gasteiger partial charge in [-0.1, -0.05) is 0 Å². The van der Waals surface area contributed by atoms with Crippen LogP contribution in [0.25, 0.3) is 11.0 Å². The summed E-state index contributed by atoms with van der Waals surface area (Å²) in [7, 11) is 1.07. The second-order valence-corrected chi connectivity index (χ2v) is 4.36. The van der Waals surface area contributed by atoms with Crippen LogP contribution in [0.15, 0.2) is 18.2 Å². The van der Waals surface area contributed by atoms with E-state index in [1.165, 1.54) is 12.1 Å². The van der Waals surface area contributed by atoms with Crippen molar-refractivity contribution in [2.24, 2.45) is 7.05 Å². The number of nitriles is 1. The fourth-order valence-electron chi connectivity index (χ4n) is 2.02. The van der Waals surface area contributed by atoms with Gasteiger partial charge < -0.3 is 4.57 Å². The molecule has 0 spiro atoms. The molecule has 0 atom stereocenters. The van der Waals surface area contributed by atoms with Crippen molar-refractivity contribution in [3.63, 3.8) is 0 Å². The molecule has 1 heterocycles. The molecule has 1 aromatic heterocycles. The van der Waals surface area contributed by atoms with Gasteiger partial charge in [0.1, 0.15) is 5.82 Å². The molecule has 2 rings (SSSR count). The number of halogens is 6. The minimum Gasteiger partial charge on any atom is -0.330 e. The molecule has 0 bridgehead atoms. The Kier molecular flexibility index (Phi) is 3.35. The van der Waals surface area contributed by atoms with Crippen LogP contribution >= 0.6 is 0 Å². The highest BCUT2D eigenvalue weighted by molar-refractivity contribution is 5.77. The van der Waals surface area contributed by atoms with Gasteiger partial charge >= 0.3 is 12.4 Å². The summed E-state index contributed by atoms with van der Waals surface area (Å²) in [6.07, 6.45) is -11.0. The average Bonchev–Trinajstić information content (AvgIpc) is 2.62. The highest BCUT2D eigenvalue weighted by Crippen LogP contribution is 2.46. The minimum atomic E-state index is -5.51. The SMILES string of the molecule is Cn1c(C(C(F)(F)F)C(F)(F)F)nc2cc(C#N)ccc21.